The monoisotopic (exact) mass is 579 g/mol. The number of rotatable bonds is 6. The molecule has 194 valence electrons. The predicted octanol–water partition coefficient (Wildman–Crippen LogP) is 0.629. The van der Waals surface area contributed by atoms with Crippen molar-refractivity contribution in [2.75, 3.05) is 26.3 Å². The Balaban J connectivity index is 0.000000153. The van der Waals surface area contributed by atoms with Gasteiger partial charge in [0.1, 0.15) is 29.3 Å². The van der Waals surface area contributed by atoms with Crippen molar-refractivity contribution >= 4 is 46.1 Å². The molecule has 2 saturated carbocycles. The van der Waals surface area contributed by atoms with E-state index in [1.54, 1.807) is 9.80 Å². The van der Waals surface area contributed by atoms with Gasteiger partial charge in [0.15, 0.2) is 0 Å². The topological polar surface area (TPSA) is 143 Å². The van der Waals surface area contributed by atoms with Crippen molar-refractivity contribution < 1.29 is 19.8 Å². The molecule has 11 nitrogen and oxygen atoms in total. The molecule has 36 heavy (non-hydrogen) atoms. The standard InChI is InChI=1S/C11H14BrN3O2.C11H15N3O2.BH2NS/c12-10-8-5-14(3-4-16)9(17)6-15(8)11(13-10)7-1-2-7;15-4-3-13-6-9-5-12-11(8-1-2-8)14(9)7-10(13)16;2-1-3/h7,16H,1-6H2;5,8,15H,1-4,6-7H2;2H2. The molecule has 0 aromatic carbocycles. The minimum Gasteiger partial charge on any atom is -0.395 e. The SMILES string of the molecule is NB=S.O=C1Cn2c(C3CC3)nc(Br)c2CN1CCO.O=C1Cn2c(cnc2C2CC2)CN1CCO. The molecular weight excluding hydrogens is 549 g/mol. The summed E-state index contributed by atoms with van der Waals surface area (Å²) in [6.07, 6.45) is 7.70. The molecule has 2 amide bonds. The zero-order valence-corrected chi connectivity index (χ0v) is 22.5. The van der Waals surface area contributed by atoms with E-state index in [0.717, 1.165) is 33.9 Å². The number of halogens is 1. The van der Waals surface area contributed by atoms with E-state index in [9.17, 15) is 9.59 Å². The summed E-state index contributed by atoms with van der Waals surface area (Å²) in [6.45, 7) is 2.72. The van der Waals surface area contributed by atoms with Gasteiger partial charge in [0, 0.05) is 24.9 Å². The quantitative estimate of drug-likeness (QED) is 0.423. The van der Waals surface area contributed by atoms with E-state index in [2.05, 4.69) is 43.6 Å². The van der Waals surface area contributed by atoms with Gasteiger partial charge in [0.25, 0.3) is 0 Å². The molecule has 0 unspecified atom stereocenters. The maximum Gasteiger partial charge on any atom is 0.242 e. The molecule has 4 aliphatic rings. The van der Waals surface area contributed by atoms with Gasteiger partial charge in [-0.15, -0.1) is 0 Å². The third-order valence-corrected chi connectivity index (χ3v) is 7.27. The Kier molecular flexibility index (Phi) is 8.91. The number of nitrogens with two attached hydrogens (primary N) is 1. The summed E-state index contributed by atoms with van der Waals surface area (Å²) in [5.41, 5.74) is 6.69. The summed E-state index contributed by atoms with van der Waals surface area (Å²) in [6, 6.07) is 0. The number of carbonyl (C=O) groups is 2. The van der Waals surface area contributed by atoms with Crippen LogP contribution >= 0.6 is 28.0 Å². The van der Waals surface area contributed by atoms with Crippen LogP contribution in [-0.4, -0.2) is 83.5 Å². The molecule has 0 spiro atoms. The van der Waals surface area contributed by atoms with Gasteiger partial charge < -0.3 is 29.1 Å². The number of β-amino-alcohol motifs (C(OH)–C–C–N with tert-alkyl or cyclic N) is 2. The third kappa shape index (κ3) is 6.04. The number of nitrogens with zero attached hydrogens (tertiary/aromatic N) is 6. The first-order valence-corrected chi connectivity index (χ1v) is 13.4. The Morgan fingerprint density at radius 3 is 2.03 bits per heavy atom. The van der Waals surface area contributed by atoms with Crippen LogP contribution in [0.2, 0.25) is 0 Å². The average Bonchev–Trinajstić information content (AvgIpc) is 3.78. The normalized spacial score (nSPS) is 18.4. The predicted molar refractivity (Wildman–Crippen MR) is 139 cm³/mol. The molecule has 2 fully saturated rings. The van der Waals surface area contributed by atoms with Crippen LogP contribution in [0.3, 0.4) is 0 Å². The summed E-state index contributed by atoms with van der Waals surface area (Å²) < 4.78 is 4.93. The van der Waals surface area contributed by atoms with Crippen molar-refractivity contribution in [2.45, 2.75) is 63.7 Å². The summed E-state index contributed by atoms with van der Waals surface area (Å²) >= 11 is 7.51. The van der Waals surface area contributed by atoms with Gasteiger partial charge in [-0.3, -0.25) is 9.59 Å². The van der Waals surface area contributed by atoms with Crippen LogP contribution in [0.1, 0.15) is 60.6 Å². The van der Waals surface area contributed by atoms with Gasteiger partial charge in [-0.05, 0) is 41.6 Å². The van der Waals surface area contributed by atoms with E-state index < -0.39 is 0 Å². The van der Waals surface area contributed by atoms with Crippen LogP contribution in [0.25, 0.3) is 0 Å². The number of aliphatic hydroxyl groups is 2. The first-order chi connectivity index (χ1) is 17.4. The third-order valence-electron chi connectivity index (χ3n) is 6.63. The second kappa shape index (κ2) is 11.9. The Bertz CT molecular complexity index is 1120. The summed E-state index contributed by atoms with van der Waals surface area (Å²) in [4.78, 5) is 36.0. The molecule has 4 heterocycles. The Morgan fingerprint density at radius 1 is 0.944 bits per heavy atom. The minimum atomic E-state index is 0.00692. The first kappa shape index (κ1) is 26.9. The number of hydrogen-bond acceptors (Lipinski definition) is 7. The zero-order chi connectivity index (χ0) is 25.8. The minimum absolute atomic E-state index is 0.00692. The maximum atomic E-state index is 11.9. The van der Waals surface area contributed by atoms with E-state index in [4.69, 9.17) is 10.2 Å². The molecular formula is C22H31BBrN7O4S. The van der Waals surface area contributed by atoms with Gasteiger partial charge in [-0.1, -0.05) is 0 Å². The number of carbonyl (C=O) groups excluding carboxylic acids is 2. The van der Waals surface area contributed by atoms with E-state index in [1.165, 1.54) is 25.7 Å². The molecule has 14 heteroatoms. The number of hydrogen-bond donors (Lipinski definition) is 3. The fraction of sp³-hybridized carbons (Fsp3) is 0.636. The Labute approximate surface area is 223 Å². The molecule has 0 bridgehead atoms. The molecule has 4 N–H and O–H groups in total. The molecule has 0 saturated heterocycles. The second-order valence-corrected chi connectivity index (χ2v) is 10.3. The van der Waals surface area contributed by atoms with Crippen molar-refractivity contribution in [1.82, 2.24) is 28.9 Å². The van der Waals surface area contributed by atoms with E-state index in [0.29, 0.717) is 51.1 Å². The van der Waals surface area contributed by atoms with Crippen molar-refractivity contribution in [1.29, 1.82) is 0 Å². The van der Waals surface area contributed by atoms with Gasteiger partial charge in [0.2, 0.25) is 11.8 Å². The number of fused-ring (bicyclic) bond motifs is 2. The summed E-state index contributed by atoms with van der Waals surface area (Å²) in [5, 5.41) is 17.8. The largest absolute Gasteiger partial charge is 0.395 e. The van der Waals surface area contributed by atoms with Crippen LogP contribution < -0.4 is 5.64 Å². The number of amides is 2. The smallest absolute Gasteiger partial charge is 0.242 e. The molecule has 0 atom stereocenters. The molecule has 6 rings (SSSR count). The van der Waals surface area contributed by atoms with Crippen molar-refractivity contribution in [3.05, 3.63) is 33.8 Å². The Hall–Kier alpha value is -2.16. The van der Waals surface area contributed by atoms with Crippen LogP contribution in [0.4, 0.5) is 0 Å². The van der Waals surface area contributed by atoms with Gasteiger partial charge in [-0.25, -0.2) is 9.97 Å². The van der Waals surface area contributed by atoms with Crippen molar-refractivity contribution in [3.63, 3.8) is 0 Å². The van der Waals surface area contributed by atoms with E-state index >= 15 is 0 Å². The zero-order valence-electron chi connectivity index (χ0n) is 20.1. The van der Waals surface area contributed by atoms with Gasteiger partial charge in [0.05, 0.1) is 43.9 Å². The summed E-state index contributed by atoms with van der Waals surface area (Å²) in [7, 11) is 0. The van der Waals surface area contributed by atoms with Gasteiger partial charge in [-0.2, -0.15) is 0 Å². The number of aromatic nitrogens is 4. The average molecular weight is 580 g/mol. The summed E-state index contributed by atoms with van der Waals surface area (Å²) in [5.74, 6) is 3.39. The Morgan fingerprint density at radius 2 is 1.47 bits per heavy atom. The molecule has 2 aliphatic carbocycles. The van der Waals surface area contributed by atoms with Crippen LogP contribution in [0, 0.1) is 0 Å². The van der Waals surface area contributed by atoms with E-state index in [1.807, 2.05) is 15.3 Å². The molecule has 2 aliphatic heterocycles. The van der Waals surface area contributed by atoms with E-state index in [-0.39, 0.29) is 25.0 Å². The van der Waals surface area contributed by atoms with Crippen LogP contribution in [0.15, 0.2) is 10.8 Å². The maximum absolute atomic E-state index is 11.9. The van der Waals surface area contributed by atoms with Crippen molar-refractivity contribution in [2.24, 2.45) is 5.64 Å². The second-order valence-electron chi connectivity index (χ2n) is 9.25. The molecule has 2 aromatic rings. The number of aliphatic hydroxyl groups excluding tert-OH is 2. The first-order valence-electron chi connectivity index (χ1n) is 12.1. The fourth-order valence-electron chi connectivity index (χ4n) is 4.53. The van der Waals surface area contributed by atoms with Gasteiger partial charge >= 0.3 is 24.0 Å². The molecule has 2 aromatic heterocycles. The van der Waals surface area contributed by atoms with Crippen LogP contribution in [0.5, 0.6) is 0 Å². The fourth-order valence-corrected chi connectivity index (χ4v) is 5.05. The number of imidazole rings is 2. The van der Waals surface area contributed by atoms with Crippen LogP contribution in [-0.2, 0) is 35.8 Å². The van der Waals surface area contributed by atoms with Crippen molar-refractivity contribution in [3.8, 4) is 0 Å². The molecule has 0 radical (unpaired) electrons.